The van der Waals surface area contributed by atoms with E-state index in [2.05, 4.69) is 5.10 Å². The Morgan fingerprint density at radius 1 is 1.33 bits per heavy atom. The minimum Gasteiger partial charge on any atom is -0.451 e. The third kappa shape index (κ3) is 1.12. The number of hydrazone groups is 1. The molecule has 0 aliphatic carbocycles. The van der Waals surface area contributed by atoms with E-state index in [-0.39, 0.29) is 6.23 Å². The summed E-state index contributed by atoms with van der Waals surface area (Å²) in [5.41, 5.74) is 0.998. The Balaban J connectivity index is 2.22. The average Bonchev–Trinajstić information content (AvgIpc) is 2.53. The Morgan fingerprint density at radius 2 is 2.08 bits per heavy atom. The largest absolute Gasteiger partial charge is 0.451 e. The molecule has 0 saturated heterocycles. The molecule has 0 radical (unpaired) electrons. The highest BCUT2D eigenvalue weighted by molar-refractivity contribution is 5.48. The SMILES string of the molecule is NN1N=COC1c1ccccc1. The first-order valence-electron chi connectivity index (χ1n) is 3.65. The maximum Gasteiger partial charge on any atom is 0.229 e. The van der Waals surface area contributed by atoms with Crippen LogP contribution >= 0.6 is 0 Å². The van der Waals surface area contributed by atoms with Gasteiger partial charge < -0.3 is 4.74 Å². The fourth-order valence-electron chi connectivity index (χ4n) is 1.11. The van der Waals surface area contributed by atoms with Crippen LogP contribution < -0.4 is 5.84 Å². The van der Waals surface area contributed by atoms with E-state index in [0.29, 0.717) is 0 Å². The van der Waals surface area contributed by atoms with Gasteiger partial charge in [-0.3, -0.25) is 0 Å². The molecule has 1 aromatic carbocycles. The van der Waals surface area contributed by atoms with Gasteiger partial charge in [-0.1, -0.05) is 30.3 Å². The minimum atomic E-state index is -0.272. The molecule has 4 nitrogen and oxygen atoms in total. The molecular formula is C8H9N3O. The lowest BCUT2D eigenvalue weighted by Crippen LogP contribution is -2.26. The molecule has 0 bridgehead atoms. The van der Waals surface area contributed by atoms with Gasteiger partial charge in [-0.15, -0.1) is 5.10 Å². The molecule has 1 heterocycles. The fourth-order valence-corrected chi connectivity index (χ4v) is 1.11. The van der Waals surface area contributed by atoms with Crippen LogP contribution in [0.15, 0.2) is 35.4 Å². The van der Waals surface area contributed by atoms with Crippen molar-refractivity contribution in [1.82, 2.24) is 5.12 Å². The summed E-state index contributed by atoms with van der Waals surface area (Å²) >= 11 is 0. The van der Waals surface area contributed by atoms with E-state index in [1.165, 1.54) is 11.5 Å². The Hall–Kier alpha value is -1.55. The van der Waals surface area contributed by atoms with Gasteiger partial charge in [0.25, 0.3) is 0 Å². The molecule has 12 heavy (non-hydrogen) atoms. The van der Waals surface area contributed by atoms with Crippen LogP contribution in [-0.4, -0.2) is 11.5 Å². The van der Waals surface area contributed by atoms with E-state index < -0.39 is 0 Å². The molecule has 2 rings (SSSR count). The van der Waals surface area contributed by atoms with Gasteiger partial charge in [0.15, 0.2) is 6.40 Å². The lowest BCUT2D eigenvalue weighted by Gasteiger charge is -2.16. The van der Waals surface area contributed by atoms with Crippen molar-refractivity contribution >= 4 is 6.40 Å². The molecule has 1 aliphatic rings. The summed E-state index contributed by atoms with van der Waals surface area (Å²) in [7, 11) is 0. The van der Waals surface area contributed by atoms with Crippen molar-refractivity contribution in [2.24, 2.45) is 10.9 Å². The van der Waals surface area contributed by atoms with E-state index in [1.807, 2.05) is 30.3 Å². The first kappa shape index (κ1) is 7.12. The highest BCUT2D eigenvalue weighted by Crippen LogP contribution is 2.21. The van der Waals surface area contributed by atoms with E-state index >= 15 is 0 Å². The van der Waals surface area contributed by atoms with Gasteiger partial charge in [0.05, 0.1) is 0 Å². The molecule has 0 aromatic heterocycles. The summed E-state index contributed by atoms with van der Waals surface area (Å²) in [6.45, 7) is 0. The van der Waals surface area contributed by atoms with Gasteiger partial charge >= 0.3 is 0 Å². The number of hydrogen-bond acceptors (Lipinski definition) is 4. The fraction of sp³-hybridized carbons (Fsp3) is 0.125. The molecule has 0 fully saturated rings. The van der Waals surface area contributed by atoms with E-state index in [0.717, 1.165) is 5.56 Å². The summed E-state index contributed by atoms with van der Waals surface area (Å²) in [6, 6.07) is 9.70. The smallest absolute Gasteiger partial charge is 0.229 e. The normalized spacial score (nSPS) is 21.1. The number of nitrogens with zero attached hydrogens (tertiary/aromatic N) is 2. The highest BCUT2D eigenvalue weighted by Gasteiger charge is 2.20. The van der Waals surface area contributed by atoms with Gasteiger partial charge in [0.2, 0.25) is 6.23 Å². The quantitative estimate of drug-likeness (QED) is 0.624. The maximum absolute atomic E-state index is 5.52. The first-order valence-corrected chi connectivity index (χ1v) is 3.65. The lowest BCUT2D eigenvalue weighted by molar-refractivity contribution is 0.0591. The van der Waals surface area contributed by atoms with E-state index in [9.17, 15) is 0 Å². The van der Waals surface area contributed by atoms with Crippen molar-refractivity contribution in [1.29, 1.82) is 0 Å². The number of nitrogens with two attached hydrogens (primary N) is 1. The molecular weight excluding hydrogens is 154 g/mol. The van der Waals surface area contributed by atoms with Crippen LogP contribution in [0.5, 0.6) is 0 Å². The molecule has 0 spiro atoms. The predicted molar refractivity (Wildman–Crippen MR) is 44.8 cm³/mol. The van der Waals surface area contributed by atoms with E-state index in [4.69, 9.17) is 10.6 Å². The van der Waals surface area contributed by atoms with Crippen LogP contribution in [0, 0.1) is 0 Å². The van der Waals surface area contributed by atoms with Gasteiger partial charge in [-0.2, -0.15) is 5.12 Å². The number of rotatable bonds is 1. The van der Waals surface area contributed by atoms with E-state index in [1.54, 1.807) is 0 Å². The average molecular weight is 163 g/mol. The minimum absolute atomic E-state index is 0.272. The summed E-state index contributed by atoms with van der Waals surface area (Å²) in [5, 5.41) is 5.04. The zero-order chi connectivity index (χ0) is 8.39. The molecule has 62 valence electrons. The molecule has 2 N–H and O–H groups in total. The van der Waals surface area contributed by atoms with Gasteiger partial charge in [0.1, 0.15) is 0 Å². The Kier molecular flexibility index (Phi) is 1.68. The third-order valence-electron chi connectivity index (χ3n) is 1.70. The van der Waals surface area contributed by atoms with Gasteiger partial charge in [0, 0.05) is 5.56 Å². The summed E-state index contributed by atoms with van der Waals surface area (Å²) in [5.74, 6) is 5.52. The molecule has 1 unspecified atom stereocenters. The molecule has 1 atom stereocenters. The van der Waals surface area contributed by atoms with Crippen molar-refractivity contribution in [3.63, 3.8) is 0 Å². The predicted octanol–water partition coefficient (Wildman–Crippen LogP) is 0.834. The molecule has 1 aliphatic heterocycles. The maximum atomic E-state index is 5.52. The van der Waals surface area contributed by atoms with Crippen LogP contribution in [-0.2, 0) is 4.74 Å². The third-order valence-corrected chi connectivity index (χ3v) is 1.70. The highest BCUT2D eigenvalue weighted by atomic mass is 16.5. The van der Waals surface area contributed by atoms with Crippen molar-refractivity contribution in [3.05, 3.63) is 35.9 Å². The van der Waals surface area contributed by atoms with Crippen LogP contribution in [0.25, 0.3) is 0 Å². The number of ether oxygens (including phenoxy) is 1. The topological polar surface area (TPSA) is 50.8 Å². The van der Waals surface area contributed by atoms with Crippen LogP contribution in [0.3, 0.4) is 0 Å². The van der Waals surface area contributed by atoms with Gasteiger partial charge in [-0.25, -0.2) is 5.84 Å². The summed E-state index contributed by atoms with van der Waals surface area (Å²) < 4.78 is 5.16. The second kappa shape index (κ2) is 2.83. The first-order chi connectivity index (χ1) is 5.88. The molecule has 1 aromatic rings. The number of benzene rings is 1. The molecule has 0 amide bonds. The zero-order valence-electron chi connectivity index (χ0n) is 6.42. The zero-order valence-corrected chi connectivity index (χ0v) is 6.42. The monoisotopic (exact) mass is 163 g/mol. The van der Waals surface area contributed by atoms with Gasteiger partial charge in [-0.05, 0) is 0 Å². The van der Waals surface area contributed by atoms with Crippen molar-refractivity contribution < 1.29 is 4.74 Å². The Labute approximate surface area is 70.2 Å². The Bertz CT molecular complexity index is 286. The number of hydrogen-bond donors (Lipinski definition) is 1. The van der Waals surface area contributed by atoms with Crippen LogP contribution in [0.4, 0.5) is 0 Å². The molecule has 4 heteroatoms. The van der Waals surface area contributed by atoms with Crippen LogP contribution in [0.2, 0.25) is 0 Å². The lowest BCUT2D eigenvalue weighted by atomic mass is 10.2. The second-order valence-electron chi connectivity index (χ2n) is 2.50. The molecule has 0 saturated carbocycles. The number of hydrazine groups is 1. The van der Waals surface area contributed by atoms with Crippen molar-refractivity contribution in [3.8, 4) is 0 Å². The Morgan fingerprint density at radius 3 is 2.67 bits per heavy atom. The summed E-state index contributed by atoms with van der Waals surface area (Å²) in [4.78, 5) is 0. The van der Waals surface area contributed by atoms with Crippen molar-refractivity contribution in [2.45, 2.75) is 6.23 Å². The second-order valence-corrected chi connectivity index (χ2v) is 2.50. The van der Waals surface area contributed by atoms with Crippen molar-refractivity contribution in [2.75, 3.05) is 0 Å². The van der Waals surface area contributed by atoms with Crippen LogP contribution in [0.1, 0.15) is 11.8 Å². The standard InChI is InChI=1S/C8H9N3O/c9-11-8(12-6-10-11)7-4-2-1-3-5-7/h1-6,8H,9H2. The summed E-state index contributed by atoms with van der Waals surface area (Å²) in [6.07, 6.45) is 1.07.